The zero-order chi connectivity index (χ0) is 15.6. The molecule has 0 amide bonds. The Hall–Kier alpha value is -2.22. The SMILES string of the molecule is COc1cnn(C)c1C(O)c1ccc(OC(F)(F)F)cc1. The molecule has 0 fully saturated rings. The van der Waals surface area contributed by atoms with Crippen molar-refractivity contribution >= 4 is 0 Å². The number of alkyl halides is 3. The fraction of sp³-hybridized carbons (Fsp3) is 0.308. The first kappa shape index (κ1) is 15.2. The molecule has 0 aliphatic rings. The van der Waals surface area contributed by atoms with E-state index in [9.17, 15) is 18.3 Å². The molecule has 0 aliphatic heterocycles. The van der Waals surface area contributed by atoms with E-state index in [1.54, 1.807) is 7.05 Å². The number of aryl methyl sites for hydroxylation is 1. The molecular weight excluding hydrogens is 289 g/mol. The van der Waals surface area contributed by atoms with Crippen LogP contribution >= 0.6 is 0 Å². The number of aromatic nitrogens is 2. The second kappa shape index (κ2) is 5.65. The lowest BCUT2D eigenvalue weighted by Crippen LogP contribution is -2.17. The normalized spacial score (nSPS) is 13.0. The number of halogens is 3. The highest BCUT2D eigenvalue weighted by Gasteiger charge is 2.31. The van der Waals surface area contributed by atoms with E-state index < -0.39 is 12.5 Å². The first-order valence-electron chi connectivity index (χ1n) is 5.91. The smallest absolute Gasteiger partial charge is 0.493 e. The summed E-state index contributed by atoms with van der Waals surface area (Å²) in [5.74, 6) is 0.0380. The molecule has 8 heteroatoms. The second-order valence-electron chi connectivity index (χ2n) is 4.24. The molecule has 5 nitrogen and oxygen atoms in total. The lowest BCUT2D eigenvalue weighted by molar-refractivity contribution is -0.274. The molecular formula is C13H13F3N2O3. The highest BCUT2D eigenvalue weighted by molar-refractivity contribution is 5.37. The summed E-state index contributed by atoms with van der Waals surface area (Å²) in [6, 6.07) is 4.96. The minimum Gasteiger partial charge on any atom is -0.493 e. The average Bonchev–Trinajstić information content (AvgIpc) is 2.78. The van der Waals surface area contributed by atoms with Gasteiger partial charge >= 0.3 is 6.36 Å². The number of methoxy groups -OCH3 is 1. The summed E-state index contributed by atoms with van der Waals surface area (Å²) in [5.41, 5.74) is 0.799. The molecule has 21 heavy (non-hydrogen) atoms. The van der Waals surface area contributed by atoms with Crippen molar-refractivity contribution in [1.82, 2.24) is 9.78 Å². The van der Waals surface area contributed by atoms with Gasteiger partial charge in [-0.3, -0.25) is 4.68 Å². The van der Waals surface area contributed by atoms with Gasteiger partial charge in [-0.1, -0.05) is 12.1 Å². The van der Waals surface area contributed by atoms with Gasteiger partial charge in [-0.05, 0) is 17.7 Å². The van der Waals surface area contributed by atoms with Crippen molar-refractivity contribution in [3.8, 4) is 11.5 Å². The van der Waals surface area contributed by atoms with E-state index >= 15 is 0 Å². The number of aliphatic hydroxyl groups is 1. The maximum absolute atomic E-state index is 12.1. The molecule has 1 N–H and O–H groups in total. The molecule has 0 aliphatic carbocycles. The van der Waals surface area contributed by atoms with Crippen molar-refractivity contribution in [3.05, 3.63) is 41.7 Å². The first-order chi connectivity index (χ1) is 9.81. The van der Waals surface area contributed by atoms with E-state index in [4.69, 9.17) is 4.74 Å². The standard InChI is InChI=1S/C13H13F3N2O3/c1-18-11(10(20-2)7-17-18)12(19)8-3-5-9(6-4-8)21-13(14,15)16/h3-7,12,19H,1-2H3. The maximum Gasteiger partial charge on any atom is 0.573 e. The van der Waals surface area contributed by atoms with Gasteiger partial charge in [0.1, 0.15) is 17.5 Å². The summed E-state index contributed by atoms with van der Waals surface area (Å²) in [6.07, 6.45) is -4.38. The summed E-state index contributed by atoms with van der Waals surface area (Å²) in [5, 5.41) is 14.3. The molecule has 1 aromatic carbocycles. The topological polar surface area (TPSA) is 56.5 Å². The van der Waals surface area contributed by atoms with Crippen molar-refractivity contribution in [2.75, 3.05) is 7.11 Å². The summed E-state index contributed by atoms with van der Waals surface area (Å²) in [7, 11) is 3.07. The Morgan fingerprint density at radius 1 is 1.24 bits per heavy atom. The molecule has 114 valence electrons. The Bertz CT molecular complexity index is 608. The van der Waals surface area contributed by atoms with Crippen molar-refractivity contribution in [2.24, 2.45) is 7.05 Å². The lowest BCUT2D eigenvalue weighted by atomic mass is 10.1. The highest BCUT2D eigenvalue weighted by Crippen LogP contribution is 2.31. The van der Waals surface area contributed by atoms with E-state index in [1.807, 2.05) is 0 Å². The van der Waals surface area contributed by atoms with E-state index in [2.05, 4.69) is 9.84 Å². The fourth-order valence-corrected chi connectivity index (χ4v) is 1.91. The minimum atomic E-state index is -4.74. The Kier molecular flexibility index (Phi) is 4.08. The number of benzene rings is 1. The quantitative estimate of drug-likeness (QED) is 0.942. The predicted octanol–water partition coefficient (Wildman–Crippen LogP) is 2.41. The van der Waals surface area contributed by atoms with Crippen LogP contribution in [-0.4, -0.2) is 28.4 Å². The summed E-state index contributed by atoms with van der Waals surface area (Å²) in [6.45, 7) is 0. The number of nitrogens with zero attached hydrogens (tertiary/aromatic N) is 2. The summed E-state index contributed by atoms with van der Waals surface area (Å²) in [4.78, 5) is 0. The van der Waals surface area contributed by atoms with Crippen LogP contribution in [0.2, 0.25) is 0 Å². The van der Waals surface area contributed by atoms with E-state index in [1.165, 1.54) is 30.1 Å². The van der Waals surface area contributed by atoms with Crippen LogP contribution in [0.3, 0.4) is 0 Å². The average molecular weight is 302 g/mol. The first-order valence-corrected chi connectivity index (χ1v) is 5.91. The molecule has 1 unspecified atom stereocenters. The van der Waals surface area contributed by atoms with E-state index in [0.717, 1.165) is 12.1 Å². The Morgan fingerprint density at radius 3 is 2.38 bits per heavy atom. The maximum atomic E-state index is 12.1. The van der Waals surface area contributed by atoms with Crippen LogP contribution in [0.15, 0.2) is 30.5 Å². The molecule has 0 radical (unpaired) electrons. The summed E-state index contributed by atoms with van der Waals surface area (Å²) >= 11 is 0. The highest BCUT2D eigenvalue weighted by atomic mass is 19.4. The number of ether oxygens (including phenoxy) is 2. The predicted molar refractivity (Wildman–Crippen MR) is 66.9 cm³/mol. The summed E-state index contributed by atoms with van der Waals surface area (Å²) < 4.78 is 46.5. The van der Waals surface area contributed by atoms with Gasteiger partial charge in [0.05, 0.1) is 13.3 Å². The minimum absolute atomic E-state index is 0.351. The molecule has 0 spiro atoms. The van der Waals surface area contributed by atoms with Gasteiger partial charge < -0.3 is 14.6 Å². The molecule has 2 aromatic rings. The third-order valence-corrected chi connectivity index (χ3v) is 2.86. The van der Waals surface area contributed by atoms with Crippen molar-refractivity contribution < 1.29 is 27.8 Å². The van der Waals surface area contributed by atoms with E-state index in [-0.39, 0.29) is 5.75 Å². The lowest BCUT2D eigenvalue weighted by Gasteiger charge is -2.14. The van der Waals surface area contributed by atoms with Gasteiger partial charge in [-0.2, -0.15) is 5.10 Å². The van der Waals surface area contributed by atoms with Crippen molar-refractivity contribution in [2.45, 2.75) is 12.5 Å². The zero-order valence-electron chi connectivity index (χ0n) is 11.3. The Balaban J connectivity index is 2.24. The number of aliphatic hydroxyl groups excluding tert-OH is 1. The number of hydrogen-bond donors (Lipinski definition) is 1. The number of hydrogen-bond acceptors (Lipinski definition) is 4. The van der Waals surface area contributed by atoms with Gasteiger partial charge in [-0.25, -0.2) is 0 Å². The molecule has 1 heterocycles. The molecule has 0 saturated carbocycles. The van der Waals surface area contributed by atoms with E-state index in [0.29, 0.717) is 17.0 Å². The Morgan fingerprint density at radius 2 is 1.86 bits per heavy atom. The van der Waals surface area contributed by atoms with Crippen LogP contribution in [-0.2, 0) is 7.05 Å². The van der Waals surface area contributed by atoms with Gasteiger partial charge in [0.25, 0.3) is 0 Å². The van der Waals surface area contributed by atoms with Crippen molar-refractivity contribution in [3.63, 3.8) is 0 Å². The van der Waals surface area contributed by atoms with Crippen LogP contribution in [0.25, 0.3) is 0 Å². The van der Waals surface area contributed by atoms with Crippen molar-refractivity contribution in [1.29, 1.82) is 0 Å². The van der Waals surface area contributed by atoms with Crippen LogP contribution < -0.4 is 9.47 Å². The molecule has 0 bridgehead atoms. The van der Waals surface area contributed by atoms with Gasteiger partial charge in [-0.15, -0.1) is 13.2 Å². The van der Waals surface area contributed by atoms with Crippen LogP contribution in [0.4, 0.5) is 13.2 Å². The van der Waals surface area contributed by atoms with Gasteiger partial charge in [0, 0.05) is 7.05 Å². The monoisotopic (exact) mass is 302 g/mol. The molecule has 1 aromatic heterocycles. The molecule has 0 saturated heterocycles. The van der Waals surface area contributed by atoms with Crippen LogP contribution in [0, 0.1) is 0 Å². The number of rotatable bonds is 4. The van der Waals surface area contributed by atoms with Gasteiger partial charge in [0.15, 0.2) is 5.75 Å². The molecule has 2 rings (SSSR count). The van der Waals surface area contributed by atoms with Crippen LogP contribution in [0.5, 0.6) is 11.5 Å². The second-order valence-corrected chi connectivity index (χ2v) is 4.24. The third kappa shape index (κ3) is 3.46. The van der Waals surface area contributed by atoms with Gasteiger partial charge in [0.2, 0.25) is 0 Å². The fourth-order valence-electron chi connectivity index (χ4n) is 1.91. The third-order valence-electron chi connectivity index (χ3n) is 2.86. The van der Waals surface area contributed by atoms with Crippen LogP contribution in [0.1, 0.15) is 17.4 Å². The zero-order valence-corrected chi connectivity index (χ0v) is 11.3. The Labute approximate surface area is 118 Å². The largest absolute Gasteiger partial charge is 0.573 e. The molecule has 1 atom stereocenters.